The van der Waals surface area contributed by atoms with Crippen LogP contribution in [0.3, 0.4) is 0 Å². The summed E-state index contributed by atoms with van der Waals surface area (Å²) >= 11 is 0. The van der Waals surface area contributed by atoms with Crippen LogP contribution in [-0.2, 0) is 24.0 Å². The maximum Gasteiger partial charge on any atom is 0.315 e. The zero-order valence-electron chi connectivity index (χ0n) is 29.0. The average molecular weight is 657 g/mol. The molecule has 0 spiro atoms. The Labute approximate surface area is 279 Å². The number of amides is 6. The number of likely N-dealkylation sites (tertiary alicyclic amines) is 1. The van der Waals surface area contributed by atoms with Crippen LogP contribution < -0.4 is 21.3 Å². The Kier molecular flexibility index (Phi) is 13.6. The highest BCUT2D eigenvalue weighted by atomic mass is 16.2. The molecule has 1 aliphatic carbocycles. The number of Topliss-reactive ketones (excluding diaryl/α,β-unsaturated/α-hetero) is 1. The van der Waals surface area contributed by atoms with Crippen LogP contribution in [0.5, 0.6) is 0 Å². The van der Waals surface area contributed by atoms with Crippen molar-refractivity contribution in [2.24, 2.45) is 10.8 Å². The highest BCUT2D eigenvalue weighted by molar-refractivity contribution is 6.38. The predicted octanol–water partition coefficient (Wildman–Crippen LogP) is 2.98. The molecule has 2 heterocycles. The minimum atomic E-state index is -1.04. The van der Waals surface area contributed by atoms with Gasteiger partial charge in [0.25, 0.3) is 5.91 Å². The lowest BCUT2D eigenvalue weighted by atomic mass is 9.70. The number of piperidine rings is 1. The normalized spacial score (nSPS) is 21.3. The first kappa shape index (κ1) is 37.8. The van der Waals surface area contributed by atoms with Gasteiger partial charge >= 0.3 is 6.03 Å². The van der Waals surface area contributed by atoms with Gasteiger partial charge in [0, 0.05) is 32.6 Å². The summed E-state index contributed by atoms with van der Waals surface area (Å²) in [6.07, 6.45) is 12.3. The van der Waals surface area contributed by atoms with Crippen LogP contribution >= 0.6 is 0 Å². The Morgan fingerprint density at radius 2 is 1.74 bits per heavy atom. The summed E-state index contributed by atoms with van der Waals surface area (Å²) < 4.78 is 0. The molecule has 6 amide bonds. The van der Waals surface area contributed by atoms with Gasteiger partial charge in [0.15, 0.2) is 0 Å². The summed E-state index contributed by atoms with van der Waals surface area (Å²) in [6.45, 7) is 14.8. The molecule has 47 heavy (non-hydrogen) atoms. The molecular formula is C35H56N6O6. The van der Waals surface area contributed by atoms with Crippen molar-refractivity contribution < 1.29 is 28.8 Å². The second kappa shape index (κ2) is 16.9. The van der Waals surface area contributed by atoms with Gasteiger partial charge in [0.1, 0.15) is 12.1 Å². The van der Waals surface area contributed by atoms with E-state index in [9.17, 15) is 28.8 Å². The molecular weight excluding hydrogens is 600 g/mol. The number of rotatable bonds is 14. The SMILES string of the molecule is C=CCNC(=O)C(=O)C(CCC)NC(=O)[C@@H]1C=CCN1C(=O)[C@@H](NC(=O)N[C@H](CN1CCCCC1=O)C(C)(C)C)C1(C)CCCCC1. The molecule has 4 atom stereocenters. The quantitative estimate of drug-likeness (QED) is 0.166. The van der Waals surface area contributed by atoms with E-state index in [1.807, 2.05) is 39.5 Å². The van der Waals surface area contributed by atoms with Crippen LogP contribution in [-0.4, -0.2) is 95.6 Å². The van der Waals surface area contributed by atoms with Crippen LogP contribution in [0.25, 0.3) is 0 Å². The van der Waals surface area contributed by atoms with Crippen molar-refractivity contribution in [1.29, 1.82) is 0 Å². The Bertz CT molecular complexity index is 1200. The molecule has 12 heteroatoms. The van der Waals surface area contributed by atoms with E-state index < -0.39 is 47.2 Å². The number of hydrogen-bond donors (Lipinski definition) is 4. The standard InChI is InChI=1S/C35H56N6O6/c1-7-15-24(28(43)31(45)36-20-8-2)37-30(44)25-16-14-22-41(25)32(46)29(35(6)18-11-9-12-19-35)39-33(47)38-26(34(3,4)5)23-40-21-13-10-17-27(40)42/h8,14,16,24-26,29H,2,7,9-13,15,17-23H2,1,3-6H3,(H,36,45)(H,37,44)(H2,38,39,47)/t24?,25-,26+,29+/m0/s1. The molecule has 0 aromatic rings. The predicted molar refractivity (Wildman–Crippen MR) is 180 cm³/mol. The monoisotopic (exact) mass is 656 g/mol. The molecule has 4 N–H and O–H groups in total. The molecule has 12 nitrogen and oxygen atoms in total. The minimum absolute atomic E-state index is 0.0848. The number of carbonyl (C=O) groups excluding carboxylic acids is 6. The molecule has 1 saturated heterocycles. The second-order valence-electron chi connectivity index (χ2n) is 14.6. The molecule has 3 rings (SSSR count). The largest absolute Gasteiger partial charge is 0.346 e. The molecule has 2 aliphatic heterocycles. The van der Waals surface area contributed by atoms with Crippen LogP contribution in [0.2, 0.25) is 0 Å². The van der Waals surface area contributed by atoms with E-state index in [0.29, 0.717) is 25.9 Å². The van der Waals surface area contributed by atoms with Gasteiger partial charge in [-0.3, -0.25) is 24.0 Å². The van der Waals surface area contributed by atoms with Crippen LogP contribution in [0, 0.1) is 10.8 Å². The maximum atomic E-state index is 14.4. The summed E-state index contributed by atoms with van der Waals surface area (Å²) in [5, 5.41) is 11.3. The van der Waals surface area contributed by atoms with Crippen molar-refractivity contribution in [2.75, 3.05) is 26.2 Å². The molecule has 0 radical (unpaired) electrons. The van der Waals surface area contributed by atoms with E-state index in [2.05, 4.69) is 27.8 Å². The van der Waals surface area contributed by atoms with Crippen molar-refractivity contribution in [3.05, 3.63) is 24.8 Å². The van der Waals surface area contributed by atoms with Crippen LogP contribution in [0.1, 0.15) is 98.8 Å². The molecule has 1 unspecified atom stereocenters. The summed E-state index contributed by atoms with van der Waals surface area (Å²) in [5.41, 5.74) is -0.902. The molecule has 0 bridgehead atoms. The highest BCUT2D eigenvalue weighted by Crippen LogP contribution is 2.40. The van der Waals surface area contributed by atoms with E-state index >= 15 is 0 Å². The summed E-state index contributed by atoms with van der Waals surface area (Å²) in [4.78, 5) is 82.7. The lowest BCUT2D eigenvalue weighted by molar-refractivity contribution is -0.143. The highest BCUT2D eigenvalue weighted by Gasteiger charge is 2.46. The first-order valence-electron chi connectivity index (χ1n) is 17.3. The first-order valence-corrected chi connectivity index (χ1v) is 17.3. The van der Waals surface area contributed by atoms with Gasteiger partial charge in [-0.05, 0) is 42.9 Å². The Morgan fingerprint density at radius 3 is 2.36 bits per heavy atom. The van der Waals surface area contributed by atoms with Gasteiger partial charge < -0.3 is 31.1 Å². The fraction of sp³-hybridized carbons (Fsp3) is 0.714. The van der Waals surface area contributed by atoms with Crippen LogP contribution in [0.4, 0.5) is 4.79 Å². The summed E-state index contributed by atoms with van der Waals surface area (Å²) in [7, 11) is 0. The van der Waals surface area contributed by atoms with E-state index in [0.717, 1.165) is 44.9 Å². The smallest absolute Gasteiger partial charge is 0.315 e. The number of nitrogens with zero attached hydrogens (tertiary/aromatic N) is 2. The van der Waals surface area contributed by atoms with Gasteiger partial charge in [-0.25, -0.2) is 4.79 Å². The average Bonchev–Trinajstić information content (AvgIpc) is 3.52. The van der Waals surface area contributed by atoms with Crippen molar-refractivity contribution in [3.63, 3.8) is 0 Å². The maximum absolute atomic E-state index is 14.4. The number of hydrogen-bond acceptors (Lipinski definition) is 6. The lowest BCUT2D eigenvalue weighted by Gasteiger charge is -2.43. The molecule has 0 aromatic heterocycles. The van der Waals surface area contributed by atoms with Crippen molar-refractivity contribution in [3.8, 4) is 0 Å². The van der Waals surface area contributed by atoms with E-state index in [4.69, 9.17) is 0 Å². The number of carbonyl (C=O) groups is 6. The van der Waals surface area contributed by atoms with E-state index in [-0.39, 0.29) is 42.8 Å². The van der Waals surface area contributed by atoms with Crippen molar-refractivity contribution in [1.82, 2.24) is 31.1 Å². The Hall–Kier alpha value is -3.70. The fourth-order valence-corrected chi connectivity index (χ4v) is 6.69. The Balaban J connectivity index is 1.79. The number of ketones is 1. The van der Waals surface area contributed by atoms with E-state index in [1.54, 1.807) is 12.2 Å². The lowest BCUT2D eigenvalue weighted by Crippen LogP contribution is -2.63. The topological polar surface area (TPSA) is 157 Å². The van der Waals surface area contributed by atoms with Gasteiger partial charge in [-0.2, -0.15) is 0 Å². The first-order chi connectivity index (χ1) is 22.2. The van der Waals surface area contributed by atoms with Crippen molar-refractivity contribution >= 4 is 35.4 Å². The van der Waals surface area contributed by atoms with Gasteiger partial charge in [-0.1, -0.05) is 78.5 Å². The zero-order chi connectivity index (χ0) is 34.8. The second-order valence-corrected chi connectivity index (χ2v) is 14.6. The molecule has 1 saturated carbocycles. The van der Waals surface area contributed by atoms with Gasteiger partial charge in [-0.15, -0.1) is 6.58 Å². The van der Waals surface area contributed by atoms with E-state index in [1.165, 1.54) is 11.0 Å². The van der Waals surface area contributed by atoms with Crippen molar-refractivity contribution in [2.45, 2.75) is 123 Å². The zero-order valence-corrected chi connectivity index (χ0v) is 29.0. The molecule has 3 aliphatic rings. The van der Waals surface area contributed by atoms with Gasteiger partial charge in [0.2, 0.25) is 23.5 Å². The number of urea groups is 1. The Morgan fingerprint density at radius 1 is 1.04 bits per heavy atom. The third kappa shape index (κ3) is 10.1. The van der Waals surface area contributed by atoms with Crippen LogP contribution in [0.15, 0.2) is 24.8 Å². The fourth-order valence-electron chi connectivity index (χ4n) is 6.69. The molecule has 0 aromatic carbocycles. The molecule has 2 fully saturated rings. The minimum Gasteiger partial charge on any atom is -0.346 e. The summed E-state index contributed by atoms with van der Waals surface area (Å²) in [5.74, 6) is -2.42. The third-order valence-electron chi connectivity index (χ3n) is 9.74. The van der Waals surface area contributed by atoms with Gasteiger partial charge in [0.05, 0.1) is 12.1 Å². The summed E-state index contributed by atoms with van der Waals surface area (Å²) in [6, 6.07) is -3.80. The third-order valence-corrected chi connectivity index (χ3v) is 9.74. The number of nitrogens with one attached hydrogen (secondary N) is 4. The molecule has 262 valence electrons.